The molecule has 11 heavy (non-hydrogen) atoms. The Morgan fingerprint density at radius 3 is 2.36 bits per heavy atom. The van der Waals surface area contributed by atoms with E-state index in [2.05, 4.69) is 40.6 Å². The van der Waals surface area contributed by atoms with Crippen LogP contribution >= 0.6 is 11.5 Å². The average molecular weight is 163 g/mol. The lowest BCUT2D eigenvalue weighted by Gasteiger charge is -2.10. The first-order valence-corrected chi connectivity index (χ1v) is 4.38. The van der Waals surface area contributed by atoms with Crippen LogP contribution in [-0.2, 0) is 7.05 Å². The van der Waals surface area contributed by atoms with Gasteiger partial charge in [0.2, 0.25) is 0 Å². The smallest absolute Gasteiger partial charge is 0.0690 e. The molecule has 0 N–H and O–H groups in total. The second-order valence-electron chi connectivity index (χ2n) is 2.47. The Bertz CT molecular complexity index is 331. The molecule has 0 spiro atoms. The summed E-state index contributed by atoms with van der Waals surface area (Å²) in [5.41, 5.74) is 2.62. The molecule has 2 rings (SSSR count). The fourth-order valence-corrected chi connectivity index (χ4v) is 1.73. The third-order valence-electron chi connectivity index (χ3n) is 1.73. The number of nitrogens with zero attached hydrogens (tertiary/aromatic N) is 1. The van der Waals surface area contributed by atoms with Crippen LogP contribution in [0.25, 0.3) is 11.3 Å². The largest absolute Gasteiger partial charge is 0.300 e. The third kappa shape index (κ3) is 1.10. The van der Waals surface area contributed by atoms with E-state index in [-0.39, 0.29) is 0 Å². The molecule has 1 heterocycles. The van der Waals surface area contributed by atoms with Crippen molar-refractivity contribution in [3.63, 3.8) is 0 Å². The van der Waals surface area contributed by atoms with Gasteiger partial charge in [0, 0.05) is 12.4 Å². The summed E-state index contributed by atoms with van der Waals surface area (Å²) >= 11 is 1.73. The molecule has 2 aromatic rings. The molecule has 1 nitrogen and oxygen atoms in total. The van der Waals surface area contributed by atoms with Crippen LogP contribution in [0.15, 0.2) is 35.7 Å². The SMILES string of the molecule is Cn1scc1-c1ccccc1. The Labute approximate surface area is 70.1 Å². The number of benzene rings is 1. The number of hydrogen-bond donors (Lipinski definition) is 0. The molecule has 0 aliphatic carbocycles. The molecule has 0 unspecified atom stereocenters. The summed E-state index contributed by atoms with van der Waals surface area (Å²) in [6.45, 7) is 0. The molecule has 2 heteroatoms. The van der Waals surface area contributed by atoms with E-state index in [1.807, 2.05) is 6.07 Å². The van der Waals surface area contributed by atoms with Gasteiger partial charge in [0.25, 0.3) is 0 Å². The zero-order valence-corrected chi connectivity index (χ0v) is 7.14. The van der Waals surface area contributed by atoms with Crippen molar-refractivity contribution in [2.24, 2.45) is 7.05 Å². The van der Waals surface area contributed by atoms with E-state index in [0.29, 0.717) is 0 Å². The fourth-order valence-electron chi connectivity index (χ4n) is 1.07. The van der Waals surface area contributed by atoms with Gasteiger partial charge >= 0.3 is 0 Å². The van der Waals surface area contributed by atoms with E-state index in [0.717, 1.165) is 0 Å². The highest BCUT2D eigenvalue weighted by molar-refractivity contribution is 7.06. The minimum absolute atomic E-state index is 1.30. The summed E-state index contributed by atoms with van der Waals surface area (Å²) in [7, 11) is 2.08. The van der Waals surface area contributed by atoms with Crippen molar-refractivity contribution in [2.45, 2.75) is 0 Å². The summed E-state index contributed by atoms with van der Waals surface area (Å²) in [6.07, 6.45) is 0. The number of aromatic nitrogens is 1. The predicted molar refractivity (Wildman–Crippen MR) is 48.7 cm³/mol. The molecule has 1 aromatic heterocycles. The molecular formula is C9H9NS. The maximum Gasteiger partial charge on any atom is 0.0690 e. The Balaban J connectivity index is 2.43. The van der Waals surface area contributed by atoms with Gasteiger partial charge in [-0.2, -0.15) is 0 Å². The molecule has 0 amide bonds. The molecule has 0 fully saturated rings. The minimum atomic E-state index is 1.30. The van der Waals surface area contributed by atoms with Crippen LogP contribution in [0.1, 0.15) is 0 Å². The third-order valence-corrected chi connectivity index (χ3v) is 2.57. The predicted octanol–water partition coefficient (Wildman–Crippen LogP) is 2.75. The average Bonchev–Trinajstić information content (AvgIpc) is 2.04. The van der Waals surface area contributed by atoms with E-state index in [1.54, 1.807) is 11.5 Å². The Kier molecular flexibility index (Phi) is 1.55. The van der Waals surface area contributed by atoms with Crippen LogP contribution in [0.5, 0.6) is 0 Å². The molecule has 0 aliphatic rings. The van der Waals surface area contributed by atoms with Gasteiger partial charge in [-0.3, -0.25) is 3.96 Å². The van der Waals surface area contributed by atoms with E-state index < -0.39 is 0 Å². The van der Waals surface area contributed by atoms with Gasteiger partial charge in [-0.25, -0.2) is 0 Å². The van der Waals surface area contributed by atoms with Gasteiger partial charge in [-0.05, 0) is 5.56 Å². The van der Waals surface area contributed by atoms with Crippen molar-refractivity contribution in [1.82, 2.24) is 3.96 Å². The molecule has 0 atom stereocenters. The van der Waals surface area contributed by atoms with Gasteiger partial charge in [0.15, 0.2) is 0 Å². The lowest BCUT2D eigenvalue weighted by atomic mass is 10.2. The van der Waals surface area contributed by atoms with Gasteiger partial charge in [0.1, 0.15) is 0 Å². The molecule has 0 saturated heterocycles. The second-order valence-corrected chi connectivity index (χ2v) is 3.47. The Hall–Kier alpha value is -1.02. The molecule has 0 saturated carbocycles. The van der Waals surface area contributed by atoms with Crippen LogP contribution in [-0.4, -0.2) is 3.96 Å². The van der Waals surface area contributed by atoms with Crippen molar-refractivity contribution >= 4 is 11.5 Å². The zero-order valence-electron chi connectivity index (χ0n) is 6.32. The second kappa shape index (κ2) is 2.55. The number of rotatable bonds is 1. The Morgan fingerprint density at radius 1 is 1.18 bits per heavy atom. The van der Waals surface area contributed by atoms with Gasteiger partial charge in [-0.1, -0.05) is 41.9 Å². The van der Waals surface area contributed by atoms with E-state index in [4.69, 9.17) is 0 Å². The highest BCUT2D eigenvalue weighted by atomic mass is 32.1. The van der Waals surface area contributed by atoms with Crippen molar-refractivity contribution in [3.8, 4) is 11.3 Å². The molecule has 1 aromatic carbocycles. The topological polar surface area (TPSA) is 4.93 Å². The highest BCUT2D eigenvalue weighted by Gasteiger charge is 2.01. The van der Waals surface area contributed by atoms with Crippen molar-refractivity contribution in [3.05, 3.63) is 35.7 Å². The van der Waals surface area contributed by atoms with Crippen LogP contribution in [0, 0.1) is 0 Å². The van der Waals surface area contributed by atoms with Crippen molar-refractivity contribution in [2.75, 3.05) is 0 Å². The molecule has 0 aliphatic heterocycles. The van der Waals surface area contributed by atoms with Crippen LogP contribution < -0.4 is 0 Å². The molecule has 0 radical (unpaired) electrons. The lowest BCUT2D eigenvalue weighted by molar-refractivity contribution is 1.02. The highest BCUT2D eigenvalue weighted by Crippen LogP contribution is 2.23. The standard InChI is InChI=1S/C9H9NS/c1-10-9(7-11-10)8-5-3-2-4-6-8/h2-7H,1H3. The van der Waals surface area contributed by atoms with Crippen molar-refractivity contribution in [1.29, 1.82) is 0 Å². The normalized spacial score (nSPS) is 10.3. The van der Waals surface area contributed by atoms with E-state index in [9.17, 15) is 0 Å². The Morgan fingerprint density at radius 2 is 1.91 bits per heavy atom. The minimum Gasteiger partial charge on any atom is -0.300 e. The number of aryl methyl sites for hydroxylation is 1. The quantitative estimate of drug-likeness (QED) is 0.609. The van der Waals surface area contributed by atoms with Crippen LogP contribution in [0.3, 0.4) is 0 Å². The summed E-state index contributed by atoms with van der Waals surface area (Å²) in [5.74, 6) is 0. The summed E-state index contributed by atoms with van der Waals surface area (Å²) in [4.78, 5) is 0. The van der Waals surface area contributed by atoms with E-state index in [1.165, 1.54) is 11.3 Å². The maximum atomic E-state index is 2.16. The zero-order chi connectivity index (χ0) is 7.68. The van der Waals surface area contributed by atoms with Crippen LogP contribution in [0.4, 0.5) is 0 Å². The number of hydrogen-bond acceptors (Lipinski definition) is 1. The van der Waals surface area contributed by atoms with Crippen LogP contribution in [0.2, 0.25) is 0 Å². The lowest BCUT2D eigenvalue weighted by Crippen LogP contribution is -1.94. The first-order chi connectivity index (χ1) is 5.38. The summed E-state index contributed by atoms with van der Waals surface area (Å²) < 4.78 is 2.16. The summed E-state index contributed by atoms with van der Waals surface area (Å²) in [5, 5.41) is 2.16. The first kappa shape index (κ1) is 6.68. The molecule has 56 valence electrons. The summed E-state index contributed by atoms with van der Waals surface area (Å²) in [6, 6.07) is 10.4. The van der Waals surface area contributed by atoms with E-state index >= 15 is 0 Å². The maximum absolute atomic E-state index is 2.16. The van der Waals surface area contributed by atoms with Crippen molar-refractivity contribution < 1.29 is 0 Å². The van der Waals surface area contributed by atoms with Gasteiger partial charge in [0.05, 0.1) is 5.69 Å². The van der Waals surface area contributed by atoms with Gasteiger partial charge in [-0.15, -0.1) is 0 Å². The fraction of sp³-hybridized carbons (Fsp3) is 0.111. The molecular weight excluding hydrogens is 154 g/mol. The first-order valence-electron chi connectivity index (χ1n) is 3.54. The van der Waals surface area contributed by atoms with Gasteiger partial charge < -0.3 is 0 Å². The molecule has 0 bridgehead atoms. The monoisotopic (exact) mass is 163 g/mol.